The minimum Gasteiger partial charge on any atom is -0.207 e. The minimum atomic E-state index is -0.238. The first kappa shape index (κ1) is 14.5. The molecule has 0 aliphatic heterocycles. The molecule has 2 rings (SSSR count). The van der Waals surface area contributed by atoms with Gasteiger partial charge in [0.2, 0.25) is 0 Å². The molecule has 0 saturated heterocycles. The Bertz CT molecular complexity index is 568. The molecule has 1 unspecified atom stereocenters. The predicted octanol–water partition coefficient (Wildman–Crippen LogP) is 5.51. The second-order valence-corrected chi connectivity index (χ2v) is 5.70. The van der Waals surface area contributed by atoms with Crippen LogP contribution in [0.4, 0.5) is 4.39 Å². The molecule has 1 atom stereocenters. The van der Waals surface area contributed by atoms with E-state index >= 15 is 0 Å². The van der Waals surface area contributed by atoms with Gasteiger partial charge in [-0.05, 0) is 54.2 Å². The number of rotatable bonds is 4. The van der Waals surface area contributed by atoms with Crippen LogP contribution in [0, 0.1) is 12.7 Å². The number of halogens is 3. The fourth-order valence-electron chi connectivity index (χ4n) is 2.26. The topological polar surface area (TPSA) is 0 Å². The van der Waals surface area contributed by atoms with Gasteiger partial charge >= 0.3 is 0 Å². The van der Waals surface area contributed by atoms with Gasteiger partial charge in [0, 0.05) is 10.4 Å². The van der Waals surface area contributed by atoms with E-state index in [-0.39, 0.29) is 5.82 Å². The van der Waals surface area contributed by atoms with Crippen molar-refractivity contribution in [2.24, 2.45) is 0 Å². The third-order valence-electron chi connectivity index (χ3n) is 3.29. The van der Waals surface area contributed by atoms with Crippen LogP contribution in [0.3, 0.4) is 0 Å². The van der Waals surface area contributed by atoms with Gasteiger partial charge < -0.3 is 0 Å². The van der Waals surface area contributed by atoms with E-state index in [0.29, 0.717) is 10.9 Å². The average Bonchev–Trinajstić information content (AvgIpc) is 2.41. The average molecular weight is 342 g/mol. The summed E-state index contributed by atoms with van der Waals surface area (Å²) in [4.78, 5) is 0. The lowest BCUT2D eigenvalue weighted by Gasteiger charge is -2.18. The Morgan fingerprint density at radius 3 is 2.63 bits per heavy atom. The zero-order chi connectivity index (χ0) is 13.8. The number of aryl methyl sites for hydroxylation is 1. The quantitative estimate of drug-likeness (QED) is 0.643. The van der Waals surface area contributed by atoms with Crippen molar-refractivity contribution in [3.63, 3.8) is 0 Å². The summed E-state index contributed by atoms with van der Waals surface area (Å²) in [5, 5.41) is 1.45. The van der Waals surface area contributed by atoms with Gasteiger partial charge in [-0.1, -0.05) is 51.8 Å². The molecule has 0 radical (unpaired) electrons. The van der Waals surface area contributed by atoms with Crippen molar-refractivity contribution in [2.45, 2.75) is 19.3 Å². The fourth-order valence-corrected chi connectivity index (χ4v) is 3.03. The molecule has 0 amide bonds. The van der Waals surface area contributed by atoms with Crippen LogP contribution in [0.15, 0.2) is 42.5 Å². The Morgan fingerprint density at radius 2 is 1.95 bits per heavy atom. The molecule has 19 heavy (non-hydrogen) atoms. The first-order valence-electron chi connectivity index (χ1n) is 6.17. The standard InChI is InChI=1S/C16H15BrClF/c1-11-4-2-3-5-15(11)13(10-17)8-12-9-14(19)6-7-16(12)18/h2-7,9,13H,8,10H2,1H3. The van der Waals surface area contributed by atoms with E-state index in [1.54, 1.807) is 6.07 Å². The predicted molar refractivity (Wildman–Crippen MR) is 82.8 cm³/mol. The molecule has 0 spiro atoms. The van der Waals surface area contributed by atoms with E-state index in [1.807, 2.05) is 12.1 Å². The van der Waals surface area contributed by atoms with E-state index < -0.39 is 0 Å². The Kier molecular flexibility index (Phi) is 5.00. The van der Waals surface area contributed by atoms with Gasteiger partial charge in [-0.3, -0.25) is 0 Å². The molecule has 0 aliphatic rings. The van der Waals surface area contributed by atoms with Gasteiger partial charge in [-0.15, -0.1) is 0 Å². The Labute approximate surface area is 126 Å². The maximum Gasteiger partial charge on any atom is 0.123 e. The summed E-state index contributed by atoms with van der Waals surface area (Å²) in [6, 6.07) is 12.8. The smallest absolute Gasteiger partial charge is 0.123 e. The molecule has 0 fully saturated rings. The van der Waals surface area contributed by atoms with Crippen LogP contribution in [0.25, 0.3) is 0 Å². The first-order chi connectivity index (χ1) is 9.11. The first-order valence-corrected chi connectivity index (χ1v) is 7.67. The summed E-state index contributed by atoms with van der Waals surface area (Å²) in [6.07, 6.45) is 0.729. The Morgan fingerprint density at radius 1 is 1.21 bits per heavy atom. The second kappa shape index (κ2) is 6.53. The summed E-state index contributed by atoms with van der Waals surface area (Å²) in [5.74, 6) is 0.0537. The molecule has 3 heteroatoms. The molecular weight excluding hydrogens is 327 g/mol. The molecule has 0 aliphatic carbocycles. The summed E-state index contributed by atoms with van der Waals surface area (Å²) >= 11 is 9.69. The van der Waals surface area contributed by atoms with Crippen molar-refractivity contribution in [1.29, 1.82) is 0 Å². The van der Waals surface area contributed by atoms with Crippen molar-refractivity contribution in [3.8, 4) is 0 Å². The number of hydrogen-bond acceptors (Lipinski definition) is 0. The summed E-state index contributed by atoms with van der Waals surface area (Å²) in [6.45, 7) is 2.10. The normalized spacial score (nSPS) is 12.4. The van der Waals surface area contributed by atoms with Crippen LogP contribution >= 0.6 is 27.5 Å². The van der Waals surface area contributed by atoms with E-state index in [9.17, 15) is 4.39 Å². The minimum absolute atomic E-state index is 0.238. The van der Waals surface area contributed by atoms with Gasteiger partial charge in [0.25, 0.3) is 0 Å². The van der Waals surface area contributed by atoms with Crippen LogP contribution in [0.2, 0.25) is 5.02 Å². The lowest BCUT2D eigenvalue weighted by atomic mass is 9.91. The fraction of sp³-hybridized carbons (Fsp3) is 0.250. The maximum absolute atomic E-state index is 13.3. The van der Waals surface area contributed by atoms with Crippen LogP contribution in [0.5, 0.6) is 0 Å². The summed E-state index contributed by atoms with van der Waals surface area (Å²) in [7, 11) is 0. The van der Waals surface area contributed by atoms with E-state index in [1.165, 1.54) is 23.3 Å². The van der Waals surface area contributed by atoms with Crippen LogP contribution in [0.1, 0.15) is 22.6 Å². The van der Waals surface area contributed by atoms with Crippen LogP contribution < -0.4 is 0 Å². The highest BCUT2D eigenvalue weighted by Crippen LogP contribution is 2.29. The zero-order valence-corrected chi connectivity index (χ0v) is 13.0. The third kappa shape index (κ3) is 3.58. The van der Waals surface area contributed by atoms with Crippen molar-refractivity contribution in [2.75, 3.05) is 5.33 Å². The SMILES string of the molecule is Cc1ccccc1C(CBr)Cc1cc(F)ccc1Cl. The Balaban J connectivity index is 2.29. The maximum atomic E-state index is 13.3. The molecule has 100 valence electrons. The number of alkyl halides is 1. The van der Waals surface area contributed by atoms with Crippen LogP contribution in [-0.2, 0) is 6.42 Å². The number of benzene rings is 2. The highest BCUT2D eigenvalue weighted by atomic mass is 79.9. The molecule has 0 heterocycles. The monoisotopic (exact) mass is 340 g/mol. The largest absolute Gasteiger partial charge is 0.207 e. The van der Waals surface area contributed by atoms with Crippen LogP contribution in [-0.4, -0.2) is 5.33 Å². The molecule has 0 N–H and O–H groups in total. The van der Waals surface area contributed by atoms with E-state index in [0.717, 1.165) is 17.3 Å². The van der Waals surface area contributed by atoms with Gasteiger partial charge in [-0.25, -0.2) is 4.39 Å². The zero-order valence-electron chi connectivity index (χ0n) is 10.7. The van der Waals surface area contributed by atoms with E-state index in [2.05, 4.69) is 35.0 Å². The molecule has 0 nitrogen and oxygen atoms in total. The molecular formula is C16H15BrClF. The molecule has 0 bridgehead atoms. The van der Waals surface area contributed by atoms with Crippen molar-refractivity contribution >= 4 is 27.5 Å². The lowest BCUT2D eigenvalue weighted by Crippen LogP contribution is -2.07. The van der Waals surface area contributed by atoms with E-state index in [4.69, 9.17) is 11.6 Å². The molecule has 0 saturated carbocycles. The second-order valence-electron chi connectivity index (χ2n) is 4.65. The van der Waals surface area contributed by atoms with Gasteiger partial charge in [0.15, 0.2) is 0 Å². The van der Waals surface area contributed by atoms with Crippen molar-refractivity contribution in [3.05, 3.63) is 70.0 Å². The van der Waals surface area contributed by atoms with Crippen molar-refractivity contribution in [1.82, 2.24) is 0 Å². The molecule has 2 aromatic carbocycles. The van der Waals surface area contributed by atoms with Gasteiger partial charge in [0.05, 0.1) is 0 Å². The highest BCUT2D eigenvalue weighted by molar-refractivity contribution is 9.09. The molecule has 0 aromatic heterocycles. The van der Waals surface area contributed by atoms with Gasteiger partial charge in [-0.2, -0.15) is 0 Å². The Hall–Kier alpha value is -0.860. The highest BCUT2D eigenvalue weighted by Gasteiger charge is 2.15. The number of hydrogen-bond donors (Lipinski definition) is 0. The van der Waals surface area contributed by atoms with Gasteiger partial charge in [0.1, 0.15) is 5.82 Å². The molecule has 2 aromatic rings. The third-order valence-corrected chi connectivity index (χ3v) is 4.44. The summed E-state index contributed by atoms with van der Waals surface area (Å²) in [5.41, 5.74) is 3.38. The van der Waals surface area contributed by atoms with Crippen molar-refractivity contribution < 1.29 is 4.39 Å². The lowest BCUT2D eigenvalue weighted by molar-refractivity contribution is 0.623. The summed E-state index contributed by atoms with van der Waals surface area (Å²) < 4.78 is 13.3.